The van der Waals surface area contributed by atoms with Crippen LogP contribution in [0.25, 0.3) is 0 Å². The molecule has 0 atom stereocenters. The maximum atomic E-state index is 13.4. The Kier molecular flexibility index (Phi) is 8.30. The maximum Gasteiger partial charge on any atom is 0.322 e. The zero-order valence-electron chi connectivity index (χ0n) is 19.1. The van der Waals surface area contributed by atoms with Crippen LogP contribution in [-0.4, -0.2) is 46.5 Å². The number of carbonyl (C=O) groups is 2. The molecule has 3 aromatic rings. The first-order valence-corrected chi connectivity index (χ1v) is 10.7. The lowest BCUT2D eigenvalue weighted by atomic mass is 10.2. The number of carbonyl (C=O) groups excluding carboxylic acids is 2. The Morgan fingerprint density at radius 2 is 1.82 bits per heavy atom. The lowest BCUT2D eigenvalue weighted by molar-refractivity contribution is -0.133. The second-order valence-electron chi connectivity index (χ2n) is 7.68. The second-order valence-corrected chi connectivity index (χ2v) is 7.68. The lowest BCUT2D eigenvalue weighted by Gasteiger charge is -2.27. The molecule has 0 saturated carbocycles. The Morgan fingerprint density at radius 3 is 2.48 bits per heavy atom. The van der Waals surface area contributed by atoms with Gasteiger partial charge in [-0.15, -0.1) is 6.58 Å². The number of ether oxygens (including phenoxy) is 1. The third-order valence-electron chi connectivity index (χ3n) is 5.26. The largest absolute Gasteiger partial charge is 0.497 e. The van der Waals surface area contributed by atoms with Gasteiger partial charge in [-0.05, 0) is 29.8 Å². The van der Waals surface area contributed by atoms with Gasteiger partial charge in [-0.1, -0.05) is 42.5 Å². The molecule has 0 aliphatic heterocycles. The van der Waals surface area contributed by atoms with E-state index in [1.807, 2.05) is 60.3 Å². The van der Waals surface area contributed by atoms with Crippen LogP contribution < -0.4 is 10.1 Å². The van der Waals surface area contributed by atoms with E-state index in [9.17, 15) is 9.59 Å². The number of benzene rings is 2. The van der Waals surface area contributed by atoms with Crippen molar-refractivity contribution in [2.24, 2.45) is 7.05 Å². The predicted molar refractivity (Wildman–Crippen MR) is 130 cm³/mol. The number of nitrogens with zero attached hydrogens (tertiary/aromatic N) is 3. The fraction of sp³-hybridized carbons (Fsp3) is 0.231. The molecule has 0 aliphatic carbocycles. The number of anilines is 1. The summed E-state index contributed by atoms with van der Waals surface area (Å²) in [5.74, 6) is 0.485. The molecule has 0 radical (unpaired) electrons. The molecule has 7 nitrogen and oxygen atoms in total. The third-order valence-corrected chi connectivity index (χ3v) is 5.26. The van der Waals surface area contributed by atoms with Gasteiger partial charge in [0.2, 0.25) is 5.91 Å². The first-order chi connectivity index (χ1) is 16.0. The standard InChI is InChI=1S/C26H30N4O3/c1-4-15-29(26(32)27-22-12-8-14-24(17-22)33-3)20-25(31)30(18-21-10-6-5-7-11-21)19-23-13-9-16-28(23)2/h4-14,16-17H,1,15,18-20H2,2-3H3,(H,27,32). The lowest BCUT2D eigenvalue weighted by Crippen LogP contribution is -2.44. The summed E-state index contributed by atoms with van der Waals surface area (Å²) >= 11 is 0. The van der Waals surface area contributed by atoms with Crippen molar-refractivity contribution in [1.29, 1.82) is 0 Å². The number of methoxy groups -OCH3 is 1. The highest BCUT2D eigenvalue weighted by molar-refractivity contribution is 5.92. The molecule has 0 fully saturated rings. The summed E-state index contributed by atoms with van der Waals surface area (Å²) in [5, 5.41) is 2.83. The van der Waals surface area contributed by atoms with Crippen molar-refractivity contribution < 1.29 is 14.3 Å². The molecule has 0 saturated heterocycles. The highest BCUT2D eigenvalue weighted by Crippen LogP contribution is 2.17. The fourth-order valence-electron chi connectivity index (χ4n) is 3.43. The number of urea groups is 1. The van der Waals surface area contributed by atoms with E-state index in [1.165, 1.54) is 4.90 Å². The van der Waals surface area contributed by atoms with E-state index in [0.29, 0.717) is 24.5 Å². The number of nitrogens with one attached hydrogen (secondary N) is 1. The third kappa shape index (κ3) is 6.74. The van der Waals surface area contributed by atoms with Gasteiger partial charge in [0, 0.05) is 43.8 Å². The highest BCUT2D eigenvalue weighted by Gasteiger charge is 2.22. The molecule has 172 valence electrons. The summed E-state index contributed by atoms with van der Waals surface area (Å²) in [5.41, 5.74) is 2.62. The molecular weight excluding hydrogens is 416 g/mol. The van der Waals surface area contributed by atoms with E-state index in [1.54, 1.807) is 42.4 Å². The normalized spacial score (nSPS) is 10.4. The van der Waals surface area contributed by atoms with E-state index < -0.39 is 0 Å². The van der Waals surface area contributed by atoms with Gasteiger partial charge in [0.25, 0.3) is 0 Å². The molecule has 3 amide bonds. The number of rotatable bonds is 10. The molecule has 1 heterocycles. The molecule has 33 heavy (non-hydrogen) atoms. The van der Waals surface area contributed by atoms with Crippen molar-refractivity contribution in [3.63, 3.8) is 0 Å². The minimum absolute atomic E-state index is 0.0704. The number of aryl methyl sites for hydroxylation is 1. The Hall–Kier alpha value is -4.00. The van der Waals surface area contributed by atoms with Gasteiger partial charge in [-0.25, -0.2) is 4.79 Å². The van der Waals surface area contributed by atoms with Gasteiger partial charge in [-0.2, -0.15) is 0 Å². The van der Waals surface area contributed by atoms with Gasteiger partial charge in [-0.3, -0.25) is 4.79 Å². The Labute approximate surface area is 194 Å². The predicted octanol–water partition coefficient (Wildman–Crippen LogP) is 4.28. The van der Waals surface area contributed by atoms with Crippen molar-refractivity contribution >= 4 is 17.6 Å². The molecule has 1 aromatic heterocycles. The zero-order valence-corrected chi connectivity index (χ0v) is 19.1. The summed E-state index contributed by atoms with van der Waals surface area (Å²) < 4.78 is 7.20. The van der Waals surface area contributed by atoms with Gasteiger partial charge in [0.15, 0.2) is 0 Å². The number of hydrogen-bond donors (Lipinski definition) is 1. The monoisotopic (exact) mass is 446 g/mol. The number of hydrogen-bond acceptors (Lipinski definition) is 3. The zero-order chi connectivity index (χ0) is 23.6. The van der Waals surface area contributed by atoms with Gasteiger partial charge in [0.1, 0.15) is 12.3 Å². The van der Waals surface area contributed by atoms with Crippen LogP contribution in [0.3, 0.4) is 0 Å². The average Bonchev–Trinajstić information content (AvgIpc) is 3.23. The highest BCUT2D eigenvalue weighted by atomic mass is 16.5. The van der Waals surface area contributed by atoms with E-state index in [4.69, 9.17) is 4.74 Å². The van der Waals surface area contributed by atoms with Crippen molar-refractivity contribution in [2.75, 3.05) is 25.5 Å². The van der Waals surface area contributed by atoms with Gasteiger partial charge >= 0.3 is 6.03 Å². The average molecular weight is 447 g/mol. The molecule has 2 aromatic carbocycles. The molecule has 0 spiro atoms. The van der Waals surface area contributed by atoms with E-state index in [0.717, 1.165) is 11.3 Å². The van der Waals surface area contributed by atoms with Crippen LogP contribution in [0.2, 0.25) is 0 Å². The fourth-order valence-corrected chi connectivity index (χ4v) is 3.43. The summed E-state index contributed by atoms with van der Waals surface area (Å²) in [6.07, 6.45) is 3.56. The van der Waals surface area contributed by atoms with Crippen LogP contribution in [0.5, 0.6) is 5.75 Å². The molecule has 0 unspecified atom stereocenters. The summed E-state index contributed by atoms with van der Waals surface area (Å²) in [6.45, 7) is 4.80. The summed E-state index contributed by atoms with van der Waals surface area (Å²) in [6, 6.07) is 20.5. The van der Waals surface area contributed by atoms with Crippen molar-refractivity contribution in [3.05, 3.63) is 96.8 Å². The minimum atomic E-state index is -0.380. The number of amides is 3. The van der Waals surface area contributed by atoms with Gasteiger partial charge in [0.05, 0.1) is 13.7 Å². The second kappa shape index (κ2) is 11.6. The minimum Gasteiger partial charge on any atom is -0.497 e. The first kappa shape index (κ1) is 23.7. The van der Waals surface area contributed by atoms with Crippen molar-refractivity contribution in [3.8, 4) is 5.75 Å². The van der Waals surface area contributed by atoms with Crippen LogP contribution in [0, 0.1) is 0 Å². The van der Waals surface area contributed by atoms with E-state index in [2.05, 4.69) is 11.9 Å². The van der Waals surface area contributed by atoms with Crippen LogP contribution >= 0.6 is 0 Å². The molecule has 7 heteroatoms. The van der Waals surface area contributed by atoms with E-state index in [-0.39, 0.29) is 25.0 Å². The van der Waals surface area contributed by atoms with Crippen LogP contribution in [0.1, 0.15) is 11.3 Å². The quantitative estimate of drug-likeness (QED) is 0.473. The first-order valence-electron chi connectivity index (χ1n) is 10.7. The van der Waals surface area contributed by atoms with Crippen LogP contribution in [0.4, 0.5) is 10.5 Å². The Bertz CT molecular complexity index is 1080. The van der Waals surface area contributed by atoms with Gasteiger partial charge < -0.3 is 24.4 Å². The van der Waals surface area contributed by atoms with Crippen molar-refractivity contribution in [1.82, 2.24) is 14.4 Å². The Morgan fingerprint density at radius 1 is 1.03 bits per heavy atom. The van der Waals surface area contributed by atoms with E-state index >= 15 is 0 Å². The SMILES string of the molecule is C=CCN(CC(=O)N(Cc1ccccc1)Cc1cccn1C)C(=O)Nc1cccc(OC)c1. The molecule has 0 aliphatic rings. The maximum absolute atomic E-state index is 13.4. The summed E-state index contributed by atoms with van der Waals surface area (Å²) in [7, 11) is 3.52. The van der Waals surface area contributed by atoms with Crippen molar-refractivity contribution in [2.45, 2.75) is 13.1 Å². The Balaban J connectivity index is 1.75. The number of aromatic nitrogens is 1. The van der Waals surface area contributed by atoms with Crippen LogP contribution in [0.15, 0.2) is 85.6 Å². The smallest absolute Gasteiger partial charge is 0.322 e. The molecular formula is C26H30N4O3. The summed E-state index contributed by atoms with van der Waals surface area (Å²) in [4.78, 5) is 29.5. The molecule has 0 bridgehead atoms. The molecule has 3 rings (SSSR count). The van der Waals surface area contributed by atoms with Crippen LogP contribution in [-0.2, 0) is 24.9 Å². The molecule has 1 N–H and O–H groups in total. The topological polar surface area (TPSA) is 66.8 Å².